The smallest absolute Gasteiger partial charge is 0.305 e. The molecular formula is C26H50O4. The first-order valence-corrected chi connectivity index (χ1v) is 12.7. The van der Waals surface area contributed by atoms with Crippen LogP contribution in [0.2, 0.25) is 0 Å². The Hall–Kier alpha value is -1.06. The molecule has 0 unspecified atom stereocenters. The Morgan fingerprint density at radius 1 is 0.500 bits per heavy atom. The third kappa shape index (κ3) is 23.2. The van der Waals surface area contributed by atoms with Crippen LogP contribution in [0.5, 0.6) is 0 Å². The average molecular weight is 427 g/mol. The molecule has 0 aliphatic rings. The van der Waals surface area contributed by atoms with Crippen LogP contribution in [0.25, 0.3) is 0 Å². The van der Waals surface area contributed by atoms with Gasteiger partial charge in [0.15, 0.2) is 0 Å². The van der Waals surface area contributed by atoms with Crippen LogP contribution < -0.4 is 0 Å². The standard InChI is InChI=1S/C26H50O4/c1-23(2)17-15-21-29-25(27)19-13-11-9-7-5-6-8-10-12-14-20-26(28)30-22-16-18-24(3)4/h23-24H,5-22H2,1-4H3. The number of unbranched alkanes of at least 4 members (excludes halogenated alkanes) is 9. The van der Waals surface area contributed by atoms with Crippen LogP contribution >= 0.6 is 0 Å². The summed E-state index contributed by atoms with van der Waals surface area (Å²) in [6.45, 7) is 9.93. The predicted molar refractivity (Wildman–Crippen MR) is 125 cm³/mol. The quantitative estimate of drug-likeness (QED) is 0.140. The van der Waals surface area contributed by atoms with Gasteiger partial charge in [-0.1, -0.05) is 79.1 Å². The van der Waals surface area contributed by atoms with Crippen molar-refractivity contribution in [2.75, 3.05) is 13.2 Å². The van der Waals surface area contributed by atoms with Crippen LogP contribution in [0, 0.1) is 11.8 Å². The van der Waals surface area contributed by atoms with Gasteiger partial charge in [-0.05, 0) is 50.4 Å². The first-order valence-electron chi connectivity index (χ1n) is 12.7. The summed E-state index contributed by atoms with van der Waals surface area (Å²) in [6, 6.07) is 0. The van der Waals surface area contributed by atoms with E-state index in [0.717, 1.165) is 51.4 Å². The fraction of sp³-hybridized carbons (Fsp3) is 0.923. The molecule has 0 rings (SSSR count). The zero-order valence-electron chi connectivity index (χ0n) is 20.5. The van der Waals surface area contributed by atoms with Gasteiger partial charge in [-0.3, -0.25) is 9.59 Å². The van der Waals surface area contributed by atoms with E-state index in [-0.39, 0.29) is 11.9 Å². The molecule has 0 aromatic carbocycles. The van der Waals surface area contributed by atoms with Gasteiger partial charge in [0, 0.05) is 12.8 Å². The van der Waals surface area contributed by atoms with E-state index < -0.39 is 0 Å². The summed E-state index contributed by atoms with van der Waals surface area (Å²) in [4.78, 5) is 23.3. The molecule has 0 amide bonds. The van der Waals surface area contributed by atoms with Gasteiger partial charge < -0.3 is 9.47 Å². The largest absolute Gasteiger partial charge is 0.466 e. The van der Waals surface area contributed by atoms with Crippen molar-refractivity contribution in [2.45, 2.75) is 130 Å². The number of hydrogen-bond acceptors (Lipinski definition) is 4. The minimum atomic E-state index is -0.0294. The fourth-order valence-electron chi connectivity index (χ4n) is 3.45. The van der Waals surface area contributed by atoms with E-state index in [4.69, 9.17) is 9.47 Å². The lowest BCUT2D eigenvalue weighted by Crippen LogP contribution is -2.06. The zero-order valence-corrected chi connectivity index (χ0v) is 20.5. The molecule has 0 radical (unpaired) electrons. The van der Waals surface area contributed by atoms with Gasteiger partial charge in [0.2, 0.25) is 0 Å². The second kappa shape index (κ2) is 21.2. The first-order chi connectivity index (χ1) is 14.4. The van der Waals surface area contributed by atoms with Crippen molar-refractivity contribution < 1.29 is 19.1 Å². The van der Waals surface area contributed by atoms with Crippen LogP contribution in [0.15, 0.2) is 0 Å². The monoisotopic (exact) mass is 426 g/mol. The molecule has 0 saturated carbocycles. The molecule has 0 spiro atoms. The van der Waals surface area contributed by atoms with E-state index in [1.807, 2.05) is 0 Å². The molecule has 0 atom stereocenters. The van der Waals surface area contributed by atoms with Crippen molar-refractivity contribution in [1.82, 2.24) is 0 Å². The molecule has 0 fully saturated rings. The lowest BCUT2D eigenvalue weighted by Gasteiger charge is -2.07. The summed E-state index contributed by atoms with van der Waals surface area (Å²) in [5.74, 6) is 1.30. The van der Waals surface area contributed by atoms with Crippen molar-refractivity contribution >= 4 is 11.9 Å². The van der Waals surface area contributed by atoms with Crippen molar-refractivity contribution in [3.63, 3.8) is 0 Å². The molecule has 4 nitrogen and oxygen atoms in total. The number of carbonyl (C=O) groups excluding carboxylic acids is 2. The Bertz CT molecular complexity index is 366. The summed E-state index contributed by atoms with van der Waals surface area (Å²) < 4.78 is 10.5. The first kappa shape index (κ1) is 28.9. The van der Waals surface area contributed by atoms with Crippen molar-refractivity contribution in [3.8, 4) is 0 Å². The third-order valence-electron chi connectivity index (χ3n) is 5.39. The van der Waals surface area contributed by atoms with Gasteiger partial charge in [-0.25, -0.2) is 0 Å². The van der Waals surface area contributed by atoms with E-state index in [0.29, 0.717) is 37.9 Å². The predicted octanol–water partition coefficient (Wildman–Crippen LogP) is 7.63. The summed E-state index contributed by atoms with van der Waals surface area (Å²) in [5, 5.41) is 0. The zero-order chi connectivity index (χ0) is 22.5. The number of ether oxygens (including phenoxy) is 2. The molecule has 4 heteroatoms. The maximum Gasteiger partial charge on any atom is 0.305 e. The van der Waals surface area contributed by atoms with E-state index in [1.165, 1.54) is 38.5 Å². The molecule has 0 saturated heterocycles. The summed E-state index contributed by atoms with van der Waals surface area (Å²) >= 11 is 0. The van der Waals surface area contributed by atoms with E-state index in [2.05, 4.69) is 27.7 Å². The van der Waals surface area contributed by atoms with Crippen LogP contribution in [0.3, 0.4) is 0 Å². The molecule has 0 bridgehead atoms. The Kier molecular flexibility index (Phi) is 20.4. The Labute approximate surface area is 186 Å². The van der Waals surface area contributed by atoms with Crippen molar-refractivity contribution in [3.05, 3.63) is 0 Å². The lowest BCUT2D eigenvalue weighted by atomic mass is 10.1. The number of esters is 2. The van der Waals surface area contributed by atoms with Gasteiger partial charge in [-0.15, -0.1) is 0 Å². The van der Waals surface area contributed by atoms with Crippen LogP contribution in [0.1, 0.15) is 130 Å². The number of carbonyl (C=O) groups is 2. The maximum absolute atomic E-state index is 11.6. The summed E-state index contributed by atoms with van der Waals surface area (Å²) in [6.07, 6.45) is 17.0. The summed E-state index contributed by atoms with van der Waals surface area (Å²) in [7, 11) is 0. The Morgan fingerprint density at radius 2 is 0.800 bits per heavy atom. The van der Waals surface area contributed by atoms with Crippen LogP contribution in [0.4, 0.5) is 0 Å². The SMILES string of the molecule is CC(C)CCCOC(=O)CCCCCCCCCCCCC(=O)OCCCC(C)C. The topological polar surface area (TPSA) is 52.6 Å². The maximum atomic E-state index is 11.6. The molecule has 0 aliphatic carbocycles. The normalized spacial score (nSPS) is 11.3. The van der Waals surface area contributed by atoms with Gasteiger partial charge in [0.1, 0.15) is 0 Å². The molecule has 0 aromatic rings. The van der Waals surface area contributed by atoms with Crippen molar-refractivity contribution in [1.29, 1.82) is 0 Å². The minimum Gasteiger partial charge on any atom is -0.466 e. The molecule has 0 aromatic heterocycles. The minimum absolute atomic E-state index is 0.0294. The fourth-order valence-corrected chi connectivity index (χ4v) is 3.45. The van der Waals surface area contributed by atoms with Gasteiger partial charge in [0.05, 0.1) is 13.2 Å². The van der Waals surface area contributed by atoms with E-state index in [9.17, 15) is 9.59 Å². The van der Waals surface area contributed by atoms with Crippen molar-refractivity contribution in [2.24, 2.45) is 11.8 Å². The third-order valence-corrected chi connectivity index (χ3v) is 5.39. The molecule has 0 heterocycles. The number of rotatable bonds is 21. The van der Waals surface area contributed by atoms with E-state index >= 15 is 0 Å². The molecule has 30 heavy (non-hydrogen) atoms. The highest BCUT2D eigenvalue weighted by atomic mass is 16.5. The van der Waals surface area contributed by atoms with Crippen LogP contribution in [-0.2, 0) is 19.1 Å². The second-order valence-electron chi connectivity index (χ2n) is 9.55. The van der Waals surface area contributed by atoms with Crippen LogP contribution in [-0.4, -0.2) is 25.2 Å². The average Bonchev–Trinajstić information content (AvgIpc) is 2.69. The molecule has 0 aliphatic heterocycles. The van der Waals surface area contributed by atoms with Gasteiger partial charge in [-0.2, -0.15) is 0 Å². The Morgan fingerprint density at radius 3 is 1.10 bits per heavy atom. The highest BCUT2D eigenvalue weighted by molar-refractivity contribution is 5.69. The molecular weight excluding hydrogens is 376 g/mol. The summed E-state index contributed by atoms with van der Waals surface area (Å²) in [5.41, 5.74) is 0. The van der Waals surface area contributed by atoms with Gasteiger partial charge >= 0.3 is 11.9 Å². The molecule has 0 N–H and O–H groups in total. The highest BCUT2D eigenvalue weighted by Crippen LogP contribution is 2.13. The lowest BCUT2D eigenvalue weighted by molar-refractivity contribution is -0.144. The Balaban J connectivity index is 3.24. The second-order valence-corrected chi connectivity index (χ2v) is 9.55. The molecule has 178 valence electrons. The van der Waals surface area contributed by atoms with E-state index in [1.54, 1.807) is 0 Å². The van der Waals surface area contributed by atoms with Gasteiger partial charge in [0.25, 0.3) is 0 Å². The highest BCUT2D eigenvalue weighted by Gasteiger charge is 2.04. The number of hydrogen-bond donors (Lipinski definition) is 0.